The van der Waals surface area contributed by atoms with Crippen LogP contribution in [-0.4, -0.2) is 55.5 Å². The number of hydrogen-bond donors (Lipinski definition) is 2. The molecule has 0 saturated carbocycles. The zero-order valence-electron chi connectivity index (χ0n) is 12.8. The molecule has 1 heterocycles. The number of likely N-dealkylation sites (N-methyl/N-ethyl adjacent to an activating group) is 1. The van der Waals surface area contributed by atoms with E-state index in [2.05, 4.69) is 11.9 Å². The lowest BCUT2D eigenvalue weighted by atomic mass is 9.78. The van der Waals surface area contributed by atoms with Gasteiger partial charge in [-0.25, -0.2) is 0 Å². The molecule has 1 aliphatic heterocycles. The molecule has 1 atom stereocenters. The molecule has 0 aromatic heterocycles. The summed E-state index contributed by atoms with van der Waals surface area (Å²) in [7, 11) is 2.05. The summed E-state index contributed by atoms with van der Waals surface area (Å²) < 4.78 is 10.9. The van der Waals surface area contributed by atoms with E-state index >= 15 is 0 Å². The van der Waals surface area contributed by atoms with E-state index in [-0.39, 0.29) is 0 Å². The van der Waals surface area contributed by atoms with Crippen LogP contribution in [0.1, 0.15) is 24.8 Å². The third-order valence-electron chi connectivity index (χ3n) is 3.81. The molecular weight excluding hydrogens is 269 g/mol. The summed E-state index contributed by atoms with van der Waals surface area (Å²) in [5.74, 6) is 0.493. The summed E-state index contributed by atoms with van der Waals surface area (Å²) in [5.41, 5.74) is 1.43. The van der Waals surface area contributed by atoms with Crippen LogP contribution in [0.4, 0.5) is 0 Å². The Morgan fingerprint density at radius 2 is 2.19 bits per heavy atom. The Morgan fingerprint density at radius 3 is 2.81 bits per heavy atom. The van der Waals surface area contributed by atoms with Gasteiger partial charge in [0.15, 0.2) is 0 Å². The minimum Gasteiger partial charge on any atom is -0.497 e. The summed E-state index contributed by atoms with van der Waals surface area (Å²) in [6.07, 6.45) is 3.83. The first kappa shape index (κ1) is 16.3. The van der Waals surface area contributed by atoms with Gasteiger partial charge in [0.25, 0.3) is 0 Å². The molecule has 1 aromatic rings. The maximum absolute atomic E-state index is 9.40. The zero-order valence-corrected chi connectivity index (χ0v) is 12.8. The first-order valence-corrected chi connectivity index (χ1v) is 7.43. The summed E-state index contributed by atoms with van der Waals surface area (Å²) in [6.45, 7) is 2.49. The van der Waals surface area contributed by atoms with Gasteiger partial charge >= 0.3 is 7.12 Å². The molecule has 1 aromatic carbocycles. The van der Waals surface area contributed by atoms with Crippen molar-refractivity contribution in [3.63, 3.8) is 0 Å². The molecule has 0 bridgehead atoms. The van der Waals surface area contributed by atoms with Gasteiger partial charge < -0.3 is 19.5 Å². The molecule has 1 unspecified atom stereocenters. The van der Waals surface area contributed by atoms with E-state index in [1.165, 1.54) is 13.5 Å². The van der Waals surface area contributed by atoms with Gasteiger partial charge in [-0.1, -0.05) is 12.1 Å². The summed E-state index contributed by atoms with van der Waals surface area (Å²) in [6, 6.07) is 5.50. The van der Waals surface area contributed by atoms with Gasteiger partial charge in [0.1, 0.15) is 5.75 Å². The fourth-order valence-electron chi connectivity index (χ4n) is 2.76. The van der Waals surface area contributed by atoms with Crippen LogP contribution in [0.25, 0.3) is 0 Å². The van der Waals surface area contributed by atoms with Crippen molar-refractivity contribution in [2.24, 2.45) is 0 Å². The molecular formula is C15H24BNO4. The lowest BCUT2D eigenvalue weighted by Gasteiger charge is -2.27. The van der Waals surface area contributed by atoms with E-state index in [0.29, 0.717) is 17.3 Å². The third kappa shape index (κ3) is 4.71. The van der Waals surface area contributed by atoms with Crippen molar-refractivity contribution in [2.45, 2.75) is 31.9 Å². The van der Waals surface area contributed by atoms with Crippen LogP contribution in [0.5, 0.6) is 5.75 Å². The van der Waals surface area contributed by atoms with E-state index in [1.807, 2.05) is 6.07 Å². The first-order chi connectivity index (χ1) is 10.1. The molecule has 21 heavy (non-hydrogen) atoms. The van der Waals surface area contributed by atoms with Crippen molar-refractivity contribution < 1.29 is 19.5 Å². The Labute approximate surface area is 126 Å². The van der Waals surface area contributed by atoms with Gasteiger partial charge in [-0.2, -0.15) is 0 Å². The summed E-state index contributed by atoms with van der Waals surface area (Å²) in [5, 5.41) is 18.8. The van der Waals surface area contributed by atoms with Crippen molar-refractivity contribution in [1.29, 1.82) is 0 Å². The van der Waals surface area contributed by atoms with Crippen LogP contribution in [0.15, 0.2) is 18.2 Å². The van der Waals surface area contributed by atoms with Crippen LogP contribution < -0.4 is 10.2 Å². The van der Waals surface area contributed by atoms with E-state index in [1.54, 1.807) is 12.1 Å². The van der Waals surface area contributed by atoms with Crippen LogP contribution in [0.2, 0.25) is 0 Å². The van der Waals surface area contributed by atoms with E-state index in [4.69, 9.17) is 9.47 Å². The predicted molar refractivity (Wildman–Crippen MR) is 82.7 cm³/mol. The van der Waals surface area contributed by atoms with Gasteiger partial charge in [-0.3, -0.25) is 4.90 Å². The van der Waals surface area contributed by atoms with Crippen molar-refractivity contribution in [3.05, 3.63) is 23.8 Å². The van der Waals surface area contributed by atoms with Gasteiger partial charge in [0, 0.05) is 25.2 Å². The average molecular weight is 293 g/mol. The van der Waals surface area contributed by atoms with Crippen LogP contribution in [0.3, 0.4) is 0 Å². The number of methoxy groups -OCH3 is 1. The topological polar surface area (TPSA) is 62.2 Å². The standard InChI is InChI=1S/C15H24BNO4/c1-17(11-13-5-3-4-8-21-13)10-12-6-7-15(20-2)14(9-12)16(18)19/h6-7,9,13,18-19H,3-5,8,10-11H2,1-2H3. The highest BCUT2D eigenvalue weighted by Gasteiger charge is 2.19. The van der Waals surface area contributed by atoms with Crippen LogP contribution in [-0.2, 0) is 11.3 Å². The number of benzene rings is 1. The molecule has 1 saturated heterocycles. The van der Waals surface area contributed by atoms with Gasteiger partial charge in [-0.05, 0) is 37.9 Å². The molecule has 2 rings (SSSR count). The van der Waals surface area contributed by atoms with Gasteiger partial charge in [-0.15, -0.1) is 0 Å². The summed E-state index contributed by atoms with van der Waals surface area (Å²) >= 11 is 0. The smallest absolute Gasteiger partial charge is 0.492 e. The average Bonchev–Trinajstić information content (AvgIpc) is 2.48. The minimum atomic E-state index is -1.52. The fraction of sp³-hybridized carbons (Fsp3) is 0.600. The molecule has 1 aliphatic rings. The second-order valence-corrected chi connectivity index (χ2v) is 5.64. The molecule has 5 nitrogen and oxygen atoms in total. The van der Waals surface area contributed by atoms with Crippen molar-refractivity contribution in [1.82, 2.24) is 4.90 Å². The molecule has 2 N–H and O–H groups in total. The fourth-order valence-corrected chi connectivity index (χ4v) is 2.76. The number of ether oxygens (including phenoxy) is 2. The monoisotopic (exact) mass is 293 g/mol. The summed E-state index contributed by atoms with van der Waals surface area (Å²) in [4.78, 5) is 2.20. The van der Waals surface area contributed by atoms with Gasteiger partial charge in [0.2, 0.25) is 0 Å². The molecule has 6 heteroatoms. The number of rotatable bonds is 6. The van der Waals surface area contributed by atoms with Crippen molar-refractivity contribution in [3.8, 4) is 5.75 Å². The lowest BCUT2D eigenvalue weighted by molar-refractivity contribution is -0.00259. The SMILES string of the molecule is COc1ccc(CN(C)CC2CCCCO2)cc1B(O)O. The quantitative estimate of drug-likeness (QED) is 0.742. The lowest BCUT2D eigenvalue weighted by Crippen LogP contribution is -2.34. The molecule has 0 spiro atoms. The maximum atomic E-state index is 9.40. The number of hydrogen-bond acceptors (Lipinski definition) is 5. The molecule has 0 amide bonds. The van der Waals surface area contributed by atoms with Gasteiger partial charge in [0.05, 0.1) is 13.2 Å². The highest BCUT2D eigenvalue weighted by Crippen LogP contribution is 2.15. The molecule has 0 aliphatic carbocycles. The van der Waals surface area contributed by atoms with Crippen LogP contribution >= 0.6 is 0 Å². The number of nitrogens with zero attached hydrogens (tertiary/aromatic N) is 1. The molecule has 116 valence electrons. The molecule has 1 fully saturated rings. The Kier molecular flexibility index (Phi) is 6.05. The Morgan fingerprint density at radius 1 is 1.38 bits per heavy atom. The zero-order chi connectivity index (χ0) is 15.2. The highest BCUT2D eigenvalue weighted by molar-refractivity contribution is 6.59. The third-order valence-corrected chi connectivity index (χ3v) is 3.81. The highest BCUT2D eigenvalue weighted by atomic mass is 16.5. The van der Waals surface area contributed by atoms with Crippen molar-refractivity contribution in [2.75, 3.05) is 27.3 Å². The minimum absolute atomic E-state index is 0.310. The van der Waals surface area contributed by atoms with E-state index < -0.39 is 7.12 Å². The normalized spacial score (nSPS) is 18.8. The van der Waals surface area contributed by atoms with Crippen LogP contribution in [0, 0.1) is 0 Å². The first-order valence-electron chi connectivity index (χ1n) is 7.43. The second kappa shape index (κ2) is 7.80. The predicted octanol–water partition coefficient (Wildman–Crippen LogP) is 0.376. The molecule has 0 radical (unpaired) electrons. The largest absolute Gasteiger partial charge is 0.497 e. The Bertz CT molecular complexity index is 449. The van der Waals surface area contributed by atoms with Crippen molar-refractivity contribution >= 4 is 12.6 Å². The second-order valence-electron chi connectivity index (χ2n) is 5.64. The Hall–Kier alpha value is -1.08. The van der Waals surface area contributed by atoms with E-state index in [0.717, 1.165) is 38.1 Å². The van der Waals surface area contributed by atoms with E-state index in [9.17, 15) is 10.0 Å². The maximum Gasteiger partial charge on any atom is 0.492 e. The Balaban J connectivity index is 1.96.